The minimum absolute atomic E-state index is 0.104. The maximum atomic E-state index is 9.47. The maximum Gasteiger partial charge on any atom is 0.0499 e. The van der Waals surface area contributed by atoms with Gasteiger partial charge in [0.25, 0.3) is 0 Å². The van der Waals surface area contributed by atoms with E-state index in [0.717, 1.165) is 24.6 Å². The summed E-state index contributed by atoms with van der Waals surface area (Å²) in [6.45, 7) is 7.92. The molecule has 1 saturated heterocycles. The third kappa shape index (κ3) is 3.36. The highest BCUT2D eigenvalue weighted by molar-refractivity contribution is 8.00. The van der Waals surface area contributed by atoms with Crippen LogP contribution in [-0.4, -0.2) is 35.3 Å². The Morgan fingerprint density at radius 1 is 1.40 bits per heavy atom. The Morgan fingerprint density at radius 2 is 2.07 bits per heavy atom. The molecule has 2 N–H and O–H groups in total. The molecule has 2 nitrogen and oxygen atoms in total. The highest BCUT2D eigenvalue weighted by Crippen LogP contribution is 2.29. The zero-order valence-electron chi connectivity index (χ0n) is 10.3. The molecular weight excluding hydrogens is 206 g/mol. The number of thioether (sulfide) groups is 1. The maximum absolute atomic E-state index is 9.47. The first-order chi connectivity index (χ1) is 7.17. The van der Waals surface area contributed by atoms with Crippen molar-refractivity contribution >= 4 is 11.8 Å². The van der Waals surface area contributed by atoms with Crippen LogP contribution in [0.2, 0.25) is 0 Å². The highest BCUT2D eigenvalue weighted by Gasteiger charge is 2.29. The third-order valence-corrected chi connectivity index (χ3v) is 5.28. The summed E-state index contributed by atoms with van der Waals surface area (Å²) in [5.41, 5.74) is 0.104. The van der Waals surface area contributed by atoms with Crippen molar-refractivity contribution in [3.8, 4) is 0 Å². The van der Waals surface area contributed by atoms with E-state index in [1.807, 2.05) is 0 Å². The summed E-state index contributed by atoms with van der Waals surface area (Å²) >= 11 is 2.05. The molecule has 0 radical (unpaired) electrons. The van der Waals surface area contributed by atoms with Crippen molar-refractivity contribution in [2.45, 2.75) is 51.3 Å². The van der Waals surface area contributed by atoms with E-state index in [9.17, 15) is 5.11 Å². The molecule has 90 valence electrons. The fourth-order valence-electron chi connectivity index (χ4n) is 2.13. The van der Waals surface area contributed by atoms with Crippen molar-refractivity contribution in [3.05, 3.63) is 0 Å². The van der Waals surface area contributed by atoms with Crippen molar-refractivity contribution in [1.29, 1.82) is 0 Å². The largest absolute Gasteiger partial charge is 0.396 e. The predicted molar refractivity (Wildman–Crippen MR) is 68.4 cm³/mol. The molecule has 3 heteroatoms. The van der Waals surface area contributed by atoms with Gasteiger partial charge in [0.1, 0.15) is 0 Å². The Balaban J connectivity index is 2.39. The van der Waals surface area contributed by atoms with Crippen LogP contribution in [0.1, 0.15) is 40.0 Å². The fourth-order valence-corrected chi connectivity index (χ4v) is 3.35. The van der Waals surface area contributed by atoms with Gasteiger partial charge in [0.2, 0.25) is 0 Å². The van der Waals surface area contributed by atoms with Crippen LogP contribution in [0.25, 0.3) is 0 Å². The molecule has 1 aliphatic rings. The molecule has 1 rings (SSSR count). The van der Waals surface area contributed by atoms with Gasteiger partial charge < -0.3 is 10.4 Å². The molecule has 0 aliphatic carbocycles. The summed E-state index contributed by atoms with van der Waals surface area (Å²) < 4.78 is 0. The molecule has 0 aromatic rings. The van der Waals surface area contributed by atoms with E-state index in [1.165, 1.54) is 12.2 Å². The lowest BCUT2D eigenvalue weighted by atomic mass is 9.83. The Labute approximate surface area is 98.2 Å². The van der Waals surface area contributed by atoms with Crippen LogP contribution in [0.4, 0.5) is 0 Å². The zero-order valence-corrected chi connectivity index (χ0v) is 11.1. The first kappa shape index (κ1) is 13.3. The SMILES string of the molecule is CCC(CC)(CO)CNC1CCSC1C. The first-order valence-electron chi connectivity index (χ1n) is 6.13. The quantitative estimate of drug-likeness (QED) is 0.735. The van der Waals surface area contributed by atoms with E-state index in [4.69, 9.17) is 0 Å². The molecule has 0 aromatic heterocycles. The third-order valence-electron chi connectivity index (χ3n) is 3.95. The minimum atomic E-state index is 0.104. The van der Waals surface area contributed by atoms with E-state index in [-0.39, 0.29) is 5.41 Å². The van der Waals surface area contributed by atoms with Crippen LogP contribution < -0.4 is 5.32 Å². The second kappa shape index (κ2) is 6.12. The fraction of sp³-hybridized carbons (Fsp3) is 1.00. The summed E-state index contributed by atoms with van der Waals surface area (Å²) in [7, 11) is 0. The summed E-state index contributed by atoms with van der Waals surface area (Å²) in [5, 5.41) is 13.8. The van der Waals surface area contributed by atoms with Crippen molar-refractivity contribution in [2.24, 2.45) is 5.41 Å². The monoisotopic (exact) mass is 231 g/mol. The van der Waals surface area contributed by atoms with Crippen LogP contribution in [-0.2, 0) is 0 Å². The molecule has 0 aromatic carbocycles. The van der Waals surface area contributed by atoms with Gasteiger partial charge in [-0.15, -0.1) is 0 Å². The molecule has 0 saturated carbocycles. The molecule has 2 unspecified atom stereocenters. The highest BCUT2D eigenvalue weighted by atomic mass is 32.2. The molecule has 0 amide bonds. The van der Waals surface area contributed by atoms with Gasteiger partial charge in [-0.05, 0) is 25.0 Å². The van der Waals surface area contributed by atoms with E-state index in [2.05, 4.69) is 37.8 Å². The molecular formula is C12H25NOS. The summed E-state index contributed by atoms with van der Waals surface area (Å²) in [6.07, 6.45) is 3.39. The normalized spacial score (nSPS) is 27.2. The van der Waals surface area contributed by atoms with E-state index >= 15 is 0 Å². The van der Waals surface area contributed by atoms with Crippen molar-refractivity contribution < 1.29 is 5.11 Å². The number of hydrogen-bond donors (Lipinski definition) is 2. The van der Waals surface area contributed by atoms with Gasteiger partial charge in [-0.25, -0.2) is 0 Å². The van der Waals surface area contributed by atoms with Gasteiger partial charge in [-0.2, -0.15) is 11.8 Å². The Hall–Kier alpha value is 0.270. The lowest BCUT2D eigenvalue weighted by Crippen LogP contribution is -2.43. The molecule has 15 heavy (non-hydrogen) atoms. The second-order valence-corrected chi connectivity index (χ2v) is 6.20. The summed E-state index contributed by atoms with van der Waals surface area (Å²) in [4.78, 5) is 0. The molecule has 2 atom stereocenters. The van der Waals surface area contributed by atoms with Crippen LogP contribution in [0.15, 0.2) is 0 Å². The molecule has 0 bridgehead atoms. The molecule has 0 spiro atoms. The Kier molecular flexibility index (Phi) is 5.44. The average molecular weight is 231 g/mol. The van der Waals surface area contributed by atoms with E-state index in [0.29, 0.717) is 12.6 Å². The van der Waals surface area contributed by atoms with Crippen LogP contribution in [0.3, 0.4) is 0 Å². The Bertz CT molecular complexity index is 174. The number of rotatable bonds is 6. The van der Waals surface area contributed by atoms with Gasteiger partial charge in [-0.3, -0.25) is 0 Å². The summed E-state index contributed by atoms with van der Waals surface area (Å²) in [6, 6.07) is 0.652. The van der Waals surface area contributed by atoms with Gasteiger partial charge >= 0.3 is 0 Å². The van der Waals surface area contributed by atoms with Crippen LogP contribution >= 0.6 is 11.8 Å². The predicted octanol–water partition coefficient (Wildman–Crippen LogP) is 2.27. The van der Waals surface area contributed by atoms with E-state index in [1.54, 1.807) is 0 Å². The minimum Gasteiger partial charge on any atom is -0.396 e. The lowest BCUT2D eigenvalue weighted by Gasteiger charge is -2.32. The van der Waals surface area contributed by atoms with Crippen LogP contribution in [0.5, 0.6) is 0 Å². The number of hydrogen-bond acceptors (Lipinski definition) is 3. The van der Waals surface area contributed by atoms with Gasteiger partial charge in [-0.1, -0.05) is 20.8 Å². The number of aliphatic hydroxyl groups excluding tert-OH is 1. The average Bonchev–Trinajstić information content (AvgIpc) is 2.67. The molecule has 1 heterocycles. The summed E-state index contributed by atoms with van der Waals surface area (Å²) in [5.74, 6) is 1.28. The lowest BCUT2D eigenvalue weighted by molar-refractivity contribution is 0.110. The smallest absolute Gasteiger partial charge is 0.0499 e. The van der Waals surface area contributed by atoms with E-state index < -0.39 is 0 Å². The second-order valence-electron chi connectivity index (χ2n) is 4.72. The first-order valence-corrected chi connectivity index (χ1v) is 7.18. The van der Waals surface area contributed by atoms with Crippen molar-refractivity contribution in [3.63, 3.8) is 0 Å². The number of nitrogens with one attached hydrogen (secondary N) is 1. The zero-order chi connectivity index (χ0) is 11.3. The van der Waals surface area contributed by atoms with Gasteiger partial charge in [0.05, 0.1) is 0 Å². The Morgan fingerprint density at radius 3 is 2.47 bits per heavy atom. The topological polar surface area (TPSA) is 32.3 Å². The number of aliphatic hydroxyl groups is 1. The molecule has 1 aliphatic heterocycles. The standard InChI is InChI=1S/C12H25NOS/c1-4-12(5-2,9-14)8-13-11-6-7-15-10(11)3/h10-11,13-14H,4-9H2,1-3H3. The van der Waals surface area contributed by atoms with Gasteiger partial charge in [0, 0.05) is 29.9 Å². The molecule has 1 fully saturated rings. The van der Waals surface area contributed by atoms with Crippen molar-refractivity contribution in [2.75, 3.05) is 18.9 Å². The van der Waals surface area contributed by atoms with Gasteiger partial charge in [0.15, 0.2) is 0 Å². The van der Waals surface area contributed by atoms with Crippen molar-refractivity contribution in [1.82, 2.24) is 5.32 Å². The van der Waals surface area contributed by atoms with Crippen LogP contribution in [0, 0.1) is 5.41 Å².